The summed E-state index contributed by atoms with van der Waals surface area (Å²) in [7, 11) is 0. The summed E-state index contributed by atoms with van der Waals surface area (Å²) >= 11 is 0. The number of carbonyl (C=O) groups is 2. The first-order valence-corrected chi connectivity index (χ1v) is 10.6. The van der Waals surface area contributed by atoms with Gasteiger partial charge in [-0.15, -0.1) is 12.4 Å². The van der Waals surface area contributed by atoms with Gasteiger partial charge in [0.15, 0.2) is 0 Å². The molecule has 6 nitrogen and oxygen atoms in total. The van der Waals surface area contributed by atoms with Gasteiger partial charge in [0.1, 0.15) is 0 Å². The molecule has 0 aromatic heterocycles. The van der Waals surface area contributed by atoms with Gasteiger partial charge >= 0.3 is 0 Å². The largest absolute Gasteiger partial charge is 0.356 e. The molecule has 29 heavy (non-hydrogen) atoms. The van der Waals surface area contributed by atoms with Crippen LogP contribution in [0.1, 0.15) is 40.7 Å². The van der Waals surface area contributed by atoms with Crippen molar-refractivity contribution in [2.45, 2.75) is 33.1 Å². The summed E-state index contributed by atoms with van der Waals surface area (Å²) in [6, 6.07) is 5.95. The van der Waals surface area contributed by atoms with Crippen LogP contribution in [0, 0.1) is 19.8 Å². The molecule has 2 saturated heterocycles. The number of halogens is 1. The Balaban J connectivity index is 0.00000300. The van der Waals surface area contributed by atoms with E-state index in [0.29, 0.717) is 13.1 Å². The quantitative estimate of drug-likeness (QED) is 0.688. The topological polar surface area (TPSA) is 64.7 Å². The van der Waals surface area contributed by atoms with Crippen LogP contribution in [0.5, 0.6) is 0 Å². The zero-order valence-corrected chi connectivity index (χ0v) is 18.5. The Morgan fingerprint density at radius 2 is 1.79 bits per heavy atom. The van der Waals surface area contributed by atoms with Crippen LogP contribution in [0.3, 0.4) is 0 Å². The third-order valence-electron chi connectivity index (χ3n) is 5.71. The van der Waals surface area contributed by atoms with Crippen LogP contribution in [-0.2, 0) is 4.79 Å². The number of piperidine rings is 1. The van der Waals surface area contributed by atoms with Crippen molar-refractivity contribution < 1.29 is 9.59 Å². The van der Waals surface area contributed by atoms with E-state index < -0.39 is 0 Å². The van der Waals surface area contributed by atoms with Crippen LogP contribution in [0.2, 0.25) is 0 Å². The standard InChI is InChI=1S/C22H34N4O2.ClH/c1-17-13-18(2)15-20(14-17)22(28)26-10-3-5-19(16-26)21(27)24-6-4-9-25-11-7-23-8-12-25;/h13-15,19,23H,3-12,16H2,1-2H3,(H,24,27);1H. The number of piperazine rings is 1. The third-order valence-corrected chi connectivity index (χ3v) is 5.71. The minimum absolute atomic E-state index is 0. The second kappa shape index (κ2) is 11.5. The molecule has 162 valence electrons. The fraction of sp³-hybridized carbons (Fsp3) is 0.636. The number of nitrogens with one attached hydrogen (secondary N) is 2. The Morgan fingerprint density at radius 3 is 2.48 bits per heavy atom. The van der Waals surface area contributed by atoms with Gasteiger partial charge in [-0.05, 0) is 51.8 Å². The first kappa shape index (κ1) is 23.6. The van der Waals surface area contributed by atoms with Gasteiger partial charge in [0.25, 0.3) is 5.91 Å². The second-order valence-corrected chi connectivity index (χ2v) is 8.20. The third kappa shape index (κ3) is 6.98. The maximum Gasteiger partial charge on any atom is 0.253 e. The van der Waals surface area contributed by atoms with Crippen LogP contribution in [0.25, 0.3) is 0 Å². The Morgan fingerprint density at radius 1 is 1.10 bits per heavy atom. The molecule has 2 N–H and O–H groups in total. The minimum atomic E-state index is -0.0946. The highest BCUT2D eigenvalue weighted by Crippen LogP contribution is 2.20. The average molecular weight is 423 g/mol. The number of carbonyl (C=O) groups excluding carboxylic acids is 2. The highest BCUT2D eigenvalue weighted by atomic mass is 35.5. The van der Waals surface area contributed by atoms with E-state index in [4.69, 9.17) is 0 Å². The van der Waals surface area contributed by atoms with Crippen molar-refractivity contribution in [3.8, 4) is 0 Å². The predicted molar refractivity (Wildman–Crippen MR) is 119 cm³/mol. The molecule has 2 fully saturated rings. The number of hydrogen-bond donors (Lipinski definition) is 2. The maximum absolute atomic E-state index is 12.9. The fourth-order valence-electron chi connectivity index (χ4n) is 4.25. The van der Waals surface area contributed by atoms with E-state index in [9.17, 15) is 9.59 Å². The number of aryl methyl sites for hydroxylation is 2. The lowest BCUT2D eigenvalue weighted by molar-refractivity contribution is -0.126. The van der Waals surface area contributed by atoms with E-state index in [1.165, 1.54) is 0 Å². The molecule has 2 aliphatic heterocycles. The van der Waals surface area contributed by atoms with Crippen molar-refractivity contribution in [1.29, 1.82) is 0 Å². The molecule has 0 aliphatic carbocycles. The lowest BCUT2D eigenvalue weighted by Gasteiger charge is -2.32. The van der Waals surface area contributed by atoms with E-state index >= 15 is 0 Å². The van der Waals surface area contributed by atoms with E-state index in [1.54, 1.807) is 0 Å². The molecule has 1 atom stereocenters. The Labute approximate surface area is 180 Å². The van der Waals surface area contributed by atoms with E-state index in [2.05, 4.69) is 21.6 Å². The van der Waals surface area contributed by atoms with Crippen molar-refractivity contribution in [3.63, 3.8) is 0 Å². The number of rotatable bonds is 6. The predicted octanol–water partition coefficient (Wildman–Crippen LogP) is 1.99. The Kier molecular flexibility index (Phi) is 9.40. The second-order valence-electron chi connectivity index (χ2n) is 8.20. The summed E-state index contributed by atoms with van der Waals surface area (Å²) in [4.78, 5) is 29.8. The summed E-state index contributed by atoms with van der Waals surface area (Å²) in [5.74, 6) is 0.0454. The normalized spacial score (nSPS) is 20.1. The van der Waals surface area contributed by atoms with Crippen LogP contribution in [-0.4, -0.2) is 74.0 Å². The first-order chi connectivity index (χ1) is 13.5. The first-order valence-electron chi connectivity index (χ1n) is 10.6. The molecular weight excluding hydrogens is 388 g/mol. The van der Waals surface area contributed by atoms with Crippen LogP contribution >= 0.6 is 12.4 Å². The Bertz CT molecular complexity index is 671. The summed E-state index contributed by atoms with van der Waals surface area (Å²) in [5.41, 5.74) is 2.92. The molecule has 2 amide bonds. The van der Waals surface area contributed by atoms with Gasteiger partial charge in [-0.1, -0.05) is 17.2 Å². The van der Waals surface area contributed by atoms with Crippen molar-refractivity contribution in [2.75, 3.05) is 52.4 Å². The smallest absolute Gasteiger partial charge is 0.253 e. The number of benzene rings is 1. The van der Waals surface area contributed by atoms with E-state index in [1.807, 2.05) is 30.9 Å². The van der Waals surface area contributed by atoms with Gasteiger partial charge in [-0.3, -0.25) is 9.59 Å². The number of hydrogen-bond acceptors (Lipinski definition) is 4. The molecule has 1 aromatic carbocycles. The average Bonchev–Trinajstić information content (AvgIpc) is 2.70. The molecule has 0 bridgehead atoms. The van der Waals surface area contributed by atoms with Crippen molar-refractivity contribution >= 4 is 24.2 Å². The Hall–Kier alpha value is -1.63. The van der Waals surface area contributed by atoms with Crippen LogP contribution in [0.15, 0.2) is 18.2 Å². The zero-order chi connectivity index (χ0) is 19.9. The SMILES string of the molecule is Cc1cc(C)cc(C(=O)N2CCCC(C(=O)NCCCN3CCNCC3)C2)c1.Cl. The molecule has 0 saturated carbocycles. The summed E-state index contributed by atoms with van der Waals surface area (Å²) in [6.07, 6.45) is 2.72. The van der Waals surface area contributed by atoms with Crippen molar-refractivity contribution in [2.24, 2.45) is 5.92 Å². The molecule has 1 aromatic rings. The molecule has 7 heteroatoms. The molecule has 3 rings (SSSR count). The summed E-state index contributed by atoms with van der Waals surface area (Å²) in [5, 5.41) is 6.44. The molecule has 0 spiro atoms. The van der Waals surface area contributed by atoms with E-state index in [-0.39, 0.29) is 30.1 Å². The van der Waals surface area contributed by atoms with Gasteiger partial charge in [0, 0.05) is 51.4 Å². The van der Waals surface area contributed by atoms with Crippen LogP contribution < -0.4 is 10.6 Å². The molecule has 2 aliphatic rings. The monoisotopic (exact) mass is 422 g/mol. The zero-order valence-electron chi connectivity index (χ0n) is 17.7. The number of likely N-dealkylation sites (tertiary alicyclic amines) is 1. The van der Waals surface area contributed by atoms with E-state index in [0.717, 1.165) is 75.2 Å². The van der Waals surface area contributed by atoms with Gasteiger partial charge in [0.05, 0.1) is 5.92 Å². The lowest BCUT2D eigenvalue weighted by atomic mass is 9.96. The van der Waals surface area contributed by atoms with Gasteiger partial charge in [-0.25, -0.2) is 0 Å². The van der Waals surface area contributed by atoms with Gasteiger partial charge in [-0.2, -0.15) is 0 Å². The molecule has 1 unspecified atom stereocenters. The fourth-order valence-corrected chi connectivity index (χ4v) is 4.25. The van der Waals surface area contributed by atoms with Gasteiger partial charge < -0.3 is 20.4 Å². The van der Waals surface area contributed by atoms with Crippen LogP contribution in [0.4, 0.5) is 0 Å². The summed E-state index contributed by atoms with van der Waals surface area (Å²) < 4.78 is 0. The molecule has 0 radical (unpaired) electrons. The van der Waals surface area contributed by atoms with Crippen molar-refractivity contribution in [3.05, 3.63) is 34.9 Å². The highest BCUT2D eigenvalue weighted by molar-refractivity contribution is 5.95. The van der Waals surface area contributed by atoms with Crippen molar-refractivity contribution in [1.82, 2.24) is 20.4 Å². The van der Waals surface area contributed by atoms with Gasteiger partial charge in [0.2, 0.25) is 5.91 Å². The molecule has 2 heterocycles. The lowest BCUT2D eigenvalue weighted by Crippen LogP contribution is -2.46. The molecular formula is C22H35ClN4O2. The highest BCUT2D eigenvalue weighted by Gasteiger charge is 2.28. The minimum Gasteiger partial charge on any atom is -0.356 e. The maximum atomic E-state index is 12.9. The number of nitrogens with zero attached hydrogens (tertiary/aromatic N) is 2. The summed E-state index contributed by atoms with van der Waals surface area (Å²) in [6.45, 7) is 11.3. The number of amides is 2.